The van der Waals surface area contributed by atoms with Crippen molar-refractivity contribution in [1.82, 2.24) is 4.98 Å². The Kier molecular flexibility index (Phi) is 2.31. The second-order valence-electron chi connectivity index (χ2n) is 2.74. The fourth-order valence-electron chi connectivity index (χ4n) is 0.688. The summed E-state index contributed by atoms with van der Waals surface area (Å²) in [5.74, 6) is 0.0782. The smallest absolute Gasteiger partial charge is 0.226 e. The molecule has 3 heteroatoms. The molecule has 0 aliphatic carbocycles. The Labute approximate surface area is 65.8 Å². The highest BCUT2D eigenvalue weighted by atomic mass is 16.1. The van der Waals surface area contributed by atoms with Crippen LogP contribution in [0.3, 0.4) is 0 Å². The van der Waals surface area contributed by atoms with Crippen LogP contribution < -0.4 is 5.32 Å². The summed E-state index contributed by atoms with van der Waals surface area (Å²) >= 11 is 0. The molecule has 11 heavy (non-hydrogen) atoms. The second kappa shape index (κ2) is 3.23. The first kappa shape index (κ1) is 7.85. The number of hydrogen-bond donors (Lipinski definition) is 2. The third kappa shape index (κ3) is 2.11. The number of H-pyrrole nitrogens is 1. The summed E-state index contributed by atoms with van der Waals surface area (Å²) < 4.78 is 0. The topological polar surface area (TPSA) is 44.9 Å². The van der Waals surface area contributed by atoms with Crippen molar-refractivity contribution in [3.8, 4) is 0 Å². The summed E-state index contributed by atoms with van der Waals surface area (Å²) in [4.78, 5) is 13.9. The Morgan fingerprint density at radius 1 is 1.64 bits per heavy atom. The van der Waals surface area contributed by atoms with E-state index < -0.39 is 0 Å². The number of carbonyl (C=O) groups excluding carboxylic acids is 1. The molecular weight excluding hydrogens is 140 g/mol. The van der Waals surface area contributed by atoms with Gasteiger partial charge in [0.1, 0.15) is 0 Å². The van der Waals surface area contributed by atoms with E-state index in [4.69, 9.17) is 0 Å². The normalized spacial score (nSPS) is 10.1. The van der Waals surface area contributed by atoms with Crippen LogP contribution in [0, 0.1) is 5.92 Å². The Morgan fingerprint density at radius 2 is 2.36 bits per heavy atom. The van der Waals surface area contributed by atoms with E-state index in [2.05, 4.69) is 10.3 Å². The molecule has 0 bridgehead atoms. The van der Waals surface area contributed by atoms with E-state index in [-0.39, 0.29) is 11.8 Å². The maximum absolute atomic E-state index is 11.1. The molecule has 0 aromatic carbocycles. The van der Waals surface area contributed by atoms with Gasteiger partial charge in [0.25, 0.3) is 0 Å². The third-order valence-corrected chi connectivity index (χ3v) is 1.39. The van der Waals surface area contributed by atoms with Crippen molar-refractivity contribution in [2.24, 2.45) is 5.92 Å². The first-order valence-corrected chi connectivity index (χ1v) is 3.64. The molecule has 0 saturated carbocycles. The molecule has 0 spiro atoms. The van der Waals surface area contributed by atoms with Gasteiger partial charge in [-0.3, -0.25) is 4.79 Å². The van der Waals surface area contributed by atoms with E-state index >= 15 is 0 Å². The number of aromatic amines is 1. The van der Waals surface area contributed by atoms with Crippen LogP contribution in [0.1, 0.15) is 13.8 Å². The average Bonchev–Trinajstić information content (AvgIpc) is 2.39. The first-order valence-electron chi connectivity index (χ1n) is 3.64. The molecule has 1 aromatic heterocycles. The van der Waals surface area contributed by atoms with Gasteiger partial charge in [0.2, 0.25) is 5.91 Å². The Morgan fingerprint density at radius 3 is 2.82 bits per heavy atom. The first-order chi connectivity index (χ1) is 5.20. The minimum atomic E-state index is 0.0323. The number of amides is 1. The van der Waals surface area contributed by atoms with Crippen LogP contribution in [0.15, 0.2) is 18.5 Å². The zero-order valence-corrected chi connectivity index (χ0v) is 6.72. The van der Waals surface area contributed by atoms with Gasteiger partial charge in [0.15, 0.2) is 0 Å². The Hall–Kier alpha value is -1.25. The predicted molar refractivity (Wildman–Crippen MR) is 44.3 cm³/mol. The molecule has 1 amide bonds. The molecule has 1 heterocycles. The molecule has 1 rings (SSSR count). The van der Waals surface area contributed by atoms with E-state index in [9.17, 15) is 4.79 Å². The number of anilines is 1. The quantitative estimate of drug-likeness (QED) is 0.664. The van der Waals surface area contributed by atoms with E-state index in [1.165, 1.54) is 0 Å². The average molecular weight is 152 g/mol. The van der Waals surface area contributed by atoms with Gasteiger partial charge in [0.05, 0.1) is 5.69 Å². The molecule has 0 atom stereocenters. The molecular formula is C8H12N2O. The van der Waals surface area contributed by atoms with Crippen LogP contribution in [0.5, 0.6) is 0 Å². The summed E-state index contributed by atoms with van der Waals surface area (Å²) in [5, 5.41) is 2.75. The predicted octanol–water partition coefficient (Wildman–Crippen LogP) is 1.61. The van der Waals surface area contributed by atoms with Gasteiger partial charge in [-0.25, -0.2) is 0 Å². The zero-order valence-electron chi connectivity index (χ0n) is 6.72. The maximum Gasteiger partial charge on any atom is 0.226 e. The highest BCUT2D eigenvalue weighted by Gasteiger charge is 2.05. The number of carbonyl (C=O) groups is 1. The van der Waals surface area contributed by atoms with Crippen molar-refractivity contribution in [2.45, 2.75) is 13.8 Å². The lowest BCUT2D eigenvalue weighted by Crippen LogP contribution is -2.17. The summed E-state index contributed by atoms with van der Waals surface area (Å²) in [7, 11) is 0. The van der Waals surface area contributed by atoms with Crippen molar-refractivity contribution in [2.75, 3.05) is 5.32 Å². The molecule has 1 aromatic rings. The van der Waals surface area contributed by atoms with Crippen molar-refractivity contribution < 1.29 is 4.79 Å². The van der Waals surface area contributed by atoms with E-state index in [1.54, 1.807) is 12.4 Å². The molecule has 0 unspecified atom stereocenters. The molecule has 0 aliphatic heterocycles. The van der Waals surface area contributed by atoms with Crippen molar-refractivity contribution in [3.63, 3.8) is 0 Å². The highest BCUT2D eigenvalue weighted by molar-refractivity contribution is 5.91. The van der Waals surface area contributed by atoms with Crippen LogP contribution in [0.4, 0.5) is 5.69 Å². The standard InChI is InChI=1S/C8H12N2O/c1-6(2)8(11)10-7-3-4-9-5-7/h3-6,9H,1-2H3,(H,10,11). The second-order valence-corrected chi connectivity index (χ2v) is 2.74. The molecule has 0 aliphatic rings. The van der Waals surface area contributed by atoms with Crippen LogP contribution in [-0.4, -0.2) is 10.9 Å². The van der Waals surface area contributed by atoms with Crippen LogP contribution >= 0.6 is 0 Å². The third-order valence-electron chi connectivity index (χ3n) is 1.39. The zero-order chi connectivity index (χ0) is 8.27. The van der Waals surface area contributed by atoms with Gasteiger partial charge >= 0.3 is 0 Å². The molecule has 2 N–H and O–H groups in total. The fourth-order valence-corrected chi connectivity index (χ4v) is 0.688. The minimum Gasteiger partial charge on any atom is -0.366 e. The molecule has 60 valence electrons. The van der Waals surface area contributed by atoms with E-state index in [0.717, 1.165) is 5.69 Å². The van der Waals surface area contributed by atoms with E-state index in [0.29, 0.717) is 0 Å². The SMILES string of the molecule is CC(C)C(=O)Nc1cc[nH]c1. The monoisotopic (exact) mass is 152 g/mol. The summed E-state index contributed by atoms with van der Waals surface area (Å²) in [5.41, 5.74) is 0.823. The Bertz CT molecular complexity index is 226. The maximum atomic E-state index is 11.1. The fraction of sp³-hybridized carbons (Fsp3) is 0.375. The van der Waals surface area contributed by atoms with E-state index in [1.807, 2.05) is 19.9 Å². The molecule has 3 nitrogen and oxygen atoms in total. The van der Waals surface area contributed by atoms with Crippen LogP contribution in [-0.2, 0) is 4.79 Å². The number of aromatic nitrogens is 1. The minimum absolute atomic E-state index is 0.0323. The Balaban J connectivity index is 2.50. The van der Waals surface area contributed by atoms with Gasteiger partial charge in [-0.2, -0.15) is 0 Å². The van der Waals surface area contributed by atoms with Gasteiger partial charge < -0.3 is 10.3 Å². The van der Waals surface area contributed by atoms with Gasteiger partial charge in [0, 0.05) is 18.3 Å². The van der Waals surface area contributed by atoms with Gasteiger partial charge in [-0.15, -0.1) is 0 Å². The van der Waals surface area contributed by atoms with Crippen molar-refractivity contribution >= 4 is 11.6 Å². The molecule has 0 fully saturated rings. The number of rotatable bonds is 2. The van der Waals surface area contributed by atoms with Crippen molar-refractivity contribution in [3.05, 3.63) is 18.5 Å². The summed E-state index contributed by atoms with van der Waals surface area (Å²) in [6, 6.07) is 1.82. The highest BCUT2D eigenvalue weighted by Crippen LogP contribution is 2.05. The van der Waals surface area contributed by atoms with Gasteiger partial charge in [-0.1, -0.05) is 13.8 Å². The largest absolute Gasteiger partial charge is 0.366 e. The summed E-state index contributed by atoms with van der Waals surface area (Å²) in [6.07, 6.45) is 3.52. The van der Waals surface area contributed by atoms with Crippen LogP contribution in [0.25, 0.3) is 0 Å². The summed E-state index contributed by atoms with van der Waals surface area (Å²) in [6.45, 7) is 3.73. The van der Waals surface area contributed by atoms with Crippen LogP contribution in [0.2, 0.25) is 0 Å². The number of hydrogen-bond acceptors (Lipinski definition) is 1. The lowest BCUT2D eigenvalue weighted by Gasteiger charge is -2.03. The lowest BCUT2D eigenvalue weighted by atomic mass is 10.2. The van der Waals surface area contributed by atoms with Gasteiger partial charge in [-0.05, 0) is 6.07 Å². The molecule has 0 radical (unpaired) electrons. The van der Waals surface area contributed by atoms with Crippen molar-refractivity contribution in [1.29, 1.82) is 0 Å². The number of nitrogens with one attached hydrogen (secondary N) is 2. The lowest BCUT2D eigenvalue weighted by molar-refractivity contribution is -0.118. The molecule has 0 saturated heterocycles.